The monoisotopic (exact) mass is 273 g/mol. The van der Waals surface area contributed by atoms with Gasteiger partial charge in [0, 0.05) is 37.2 Å². The summed E-state index contributed by atoms with van der Waals surface area (Å²) in [5.41, 5.74) is 2.31. The molecule has 4 heteroatoms. The maximum absolute atomic E-state index is 11.7. The average molecular weight is 273 g/mol. The van der Waals surface area contributed by atoms with Crippen molar-refractivity contribution in [3.8, 4) is 0 Å². The smallest absolute Gasteiger partial charge is 0.250 e. The fourth-order valence-electron chi connectivity index (χ4n) is 2.31. The molecule has 108 valence electrons. The molecular weight excluding hydrogens is 250 g/mol. The van der Waals surface area contributed by atoms with Crippen LogP contribution in [0.2, 0.25) is 0 Å². The molecule has 0 fully saturated rings. The van der Waals surface area contributed by atoms with Crippen molar-refractivity contribution in [3.05, 3.63) is 52.7 Å². The molecule has 0 aliphatic rings. The summed E-state index contributed by atoms with van der Waals surface area (Å²) in [5.74, 6) is 0. The van der Waals surface area contributed by atoms with Crippen LogP contribution in [0.15, 0.2) is 41.5 Å². The van der Waals surface area contributed by atoms with Crippen LogP contribution < -0.4 is 10.9 Å². The number of anilines is 1. The molecule has 0 amide bonds. The molecule has 2 rings (SSSR count). The van der Waals surface area contributed by atoms with Crippen LogP contribution in [0.1, 0.15) is 32.4 Å². The van der Waals surface area contributed by atoms with Gasteiger partial charge >= 0.3 is 0 Å². The van der Waals surface area contributed by atoms with Crippen molar-refractivity contribution in [1.82, 2.24) is 9.13 Å². The molecule has 4 nitrogen and oxygen atoms in total. The second-order valence-corrected chi connectivity index (χ2v) is 5.00. The van der Waals surface area contributed by atoms with Crippen LogP contribution in [-0.4, -0.2) is 9.13 Å². The molecule has 0 saturated carbocycles. The van der Waals surface area contributed by atoms with Gasteiger partial charge in [-0.15, -0.1) is 0 Å². The first-order valence-corrected chi connectivity index (χ1v) is 7.33. The molecule has 1 N–H and O–H groups in total. The summed E-state index contributed by atoms with van der Waals surface area (Å²) in [7, 11) is 0. The summed E-state index contributed by atoms with van der Waals surface area (Å²) in [6.45, 7) is 6.83. The lowest BCUT2D eigenvalue weighted by atomic mass is 10.3. The van der Waals surface area contributed by atoms with Gasteiger partial charge in [-0.1, -0.05) is 13.8 Å². The van der Waals surface area contributed by atoms with Crippen molar-refractivity contribution in [2.24, 2.45) is 0 Å². The van der Waals surface area contributed by atoms with E-state index in [-0.39, 0.29) is 5.56 Å². The van der Waals surface area contributed by atoms with Gasteiger partial charge in [0.25, 0.3) is 5.56 Å². The molecular formula is C16H23N3O. The Morgan fingerprint density at radius 2 is 1.80 bits per heavy atom. The first kappa shape index (κ1) is 14.4. The fraction of sp³-hybridized carbons (Fsp3) is 0.438. The third-order valence-electron chi connectivity index (χ3n) is 3.31. The Morgan fingerprint density at radius 3 is 2.55 bits per heavy atom. The topological polar surface area (TPSA) is 39.0 Å². The number of aromatic nitrogens is 2. The Kier molecular flexibility index (Phi) is 5.04. The molecule has 0 unspecified atom stereocenters. The lowest BCUT2D eigenvalue weighted by Crippen LogP contribution is -2.19. The van der Waals surface area contributed by atoms with Gasteiger partial charge in [-0.25, -0.2) is 0 Å². The standard InChI is InChI=1S/C16H23N3O/c1-3-9-18-11-5-6-15(18)12-17-14-7-8-16(20)19(13-14)10-4-2/h5-8,11,13,17H,3-4,9-10,12H2,1-2H3. The zero-order chi connectivity index (χ0) is 14.4. The molecule has 0 saturated heterocycles. The summed E-state index contributed by atoms with van der Waals surface area (Å²) in [4.78, 5) is 11.7. The quantitative estimate of drug-likeness (QED) is 0.842. The van der Waals surface area contributed by atoms with Crippen LogP contribution in [-0.2, 0) is 19.6 Å². The van der Waals surface area contributed by atoms with Crippen molar-refractivity contribution in [2.75, 3.05) is 5.32 Å². The highest BCUT2D eigenvalue weighted by Crippen LogP contribution is 2.09. The highest BCUT2D eigenvalue weighted by Gasteiger charge is 2.01. The van der Waals surface area contributed by atoms with E-state index in [0.717, 1.165) is 38.2 Å². The maximum Gasteiger partial charge on any atom is 0.250 e. The minimum absolute atomic E-state index is 0.0618. The zero-order valence-electron chi connectivity index (χ0n) is 12.3. The second-order valence-electron chi connectivity index (χ2n) is 5.00. The number of hydrogen-bond acceptors (Lipinski definition) is 2. The molecule has 0 aliphatic heterocycles. The minimum atomic E-state index is 0.0618. The van der Waals surface area contributed by atoms with E-state index in [1.807, 2.05) is 12.3 Å². The second kappa shape index (κ2) is 6.98. The van der Waals surface area contributed by atoms with E-state index < -0.39 is 0 Å². The summed E-state index contributed by atoms with van der Waals surface area (Å²) in [6.07, 6.45) is 6.10. The van der Waals surface area contributed by atoms with Gasteiger partial charge in [0.15, 0.2) is 0 Å². The van der Waals surface area contributed by atoms with Crippen molar-refractivity contribution in [3.63, 3.8) is 0 Å². The van der Waals surface area contributed by atoms with Gasteiger partial charge in [-0.2, -0.15) is 0 Å². The summed E-state index contributed by atoms with van der Waals surface area (Å²) >= 11 is 0. The number of aryl methyl sites for hydroxylation is 2. The third-order valence-corrected chi connectivity index (χ3v) is 3.31. The highest BCUT2D eigenvalue weighted by molar-refractivity contribution is 5.40. The van der Waals surface area contributed by atoms with Crippen molar-refractivity contribution >= 4 is 5.69 Å². The van der Waals surface area contributed by atoms with Gasteiger partial charge in [-0.3, -0.25) is 4.79 Å². The number of nitrogens with zero attached hydrogens (tertiary/aromatic N) is 2. The summed E-state index contributed by atoms with van der Waals surface area (Å²) < 4.78 is 4.02. The van der Waals surface area contributed by atoms with Gasteiger partial charge in [0.1, 0.15) is 0 Å². The summed E-state index contributed by atoms with van der Waals surface area (Å²) in [5, 5.41) is 3.39. The number of rotatable bonds is 7. The van der Waals surface area contributed by atoms with E-state index in [1.54, 1.807) is 10.6 Å². The van der Waals surface area contributed by atoms with Gasteiger partial charge in [-0.05, 0) is 31.0 Å². The average Bonchev–Trinajstić information content (AvgIpc) is 2.88. The largest absolute Gasteiger partial charge is 0.378 e. The van der Waals surface area contributed by atoms with E-state index in [1.165, 1.54) is 5.69 Å². The molecule has 0 aliphatic carbocycles. The molecule has 0 bridgehead atoms. The Morgan fingerprint density at radius 1 is 1.05 bits per heavy atom. The van der Waals surface area contributed by atoms with Crippen LogP contribution in [0.4, 0.5) is 5.69 Å². The molecule has 0 spiro atoms. The van der Waals surface area contributed by atoms with E-state index in [0.29, 0.717) is 0 Å². The van der Waals surface area contributed by atoms with E-state index in [4.69, 9.17) is 0 Å². The lowest BCUT2D eigenvalue weighted by Gasteiger charge is -2.11. The van der Waals surface area contributed by atoms with Crippen LogP contribution in [0.25, 0.3) is 0 Å². The Balaban J connectivity index is 2.05. The van der Waals surface area contributed by atoms with Crippen LogP contribution in [0, 0.1) is 0 Å². The third kappa shape index (κ3) is 3.53. The number of hydrogen-bond donors (Lipinski definition) is 1. The van der Waals surface area contributed by atoms with E-state index in [9.17, 15) is 4.79 Å². The molecule has 20 heavy (non-hydrogen) atoms. The first-order valence-electron chi connectivity index (χ1n) is 7.33. The summed E-state index contributed by atoms with van der Waals surface area (Å²) in [6, 6.07) is 7.68. The van der Waals surface area contributed by atoms with E-state index in [2.05, 4.69) is 42.1 Å². The lowest BCUT2D eigenvalue weighted by molar-refractivity contribution is 0.649. The zero-order valence-corrected chi connectivity index (χ0v) is 12.3. The number of nitrogens with one attached hydrogen (secondary N) is 1. The predicted molar refractivity (Wildman–Crippen MR) is 83.0 cm³/mol. The predicted octanol–water partition coefficient (Wildman–Crippen LogP) is 3.08. The molecule has 0 aromatic carbocycles. The van der Waals surface area contributed by atoms with Gasteiger partial charge in [0.05, 0.1) is 12.2 Å². The van der Waals surface area contributed by atoms with Crippen LogP contribution >= 0.6 is 0 Å². The molecule has 2 heterocycles. The highest BCUT2D eigenvalue weighted by atomic mass is 16.1. The van der Waals surface area contributed by atoms with Crippen molar-refractivity contribution < 1.29 is 0 Å². The van der Waals surface area contributed by atoms with Crippen molar-refractivity contribution in [1.29, 1.82) is 0 Å². The number of pyridine rings is 1. The molecule has 2 aromatic rings. The Labute approximate surface area is 120 Å². The molecule has 2 aromatic heterocycles. The molecule has 0 radical (unpaired) electrons. The van der Waals surface area contributed by atoms with Crippen molar-refractivity contribution in [2.45, 2.75) is 46.3 Å². The van der Waals surface area contributed by atoms with E-state index >= 15 is 0 Å². The Hall–Kier alpha value is -1.97. The van der Waals surface area contributed by atoms with Gasteiger partial charge in [0.2, 0.25) is 0 Å². The Bertz CT molecular complexity index is 598. The SMILES string of the molecule is CCCn1cccc1CNc1ccc(=O)n(CCC)c1. The maximum atomic E-state index is 11.7. The fourth-order valence-corrected chi connectivity index (χ4v) is 2.31. The van der Waals surface area contributed by atoms with Crippen LogP contribution in [0.5, 0.6) is 0 Å². The minimum Gasteiger partial charge on any atom is -0.378 e. The molecule has 0 atom stereocenters. The van der Waals surface area contributed by atoms with Gasteiger partial charge < -0.3 is 14.5 Å². The normalized spacial score (nSPS) is 10.7. The van der Waals surface area contributed by atoms with Crippen LogP contribution in [0.3, 0.4) is 0 Å². The first-order chi connectivity index (χ1) is 9.74.